The first-order chi connectivity index (χ1) is 13.0. The molecule has 3 aromatic rings. The number of carbonyl (C=O) groups is 1. The third-order valence-corrected chi connectivity index (χ3v) is 3.73. The van der Waals surface area contributed by atoms with Crippen LogP contribution >= 0.6 is 0 Å². The summed E-state index contributed by atoms with van der Waals surface area (Å²) in [5, 5.41) is 5.94. The fraction of sp³-hybridized carbons (Fsp3) is 0.143. The molecule has 0 fully saturated rings. The second kappa shape index (κ2) is 8.23. The zero-order chi connectivity index (χ0) is 19.2. The number of aryl methyl sites for hydroxylation is 3. The SMILES string of the molecule is Cc1cccc(C(=O)N/C(=N/c2nc(C)cc(C)n2)Nc2ccccc2)c1. The topological polar surface area (TPSA) is 79.3 Å². The van der Waals surface area contributed by atoms with Gasteiger partial charge in [0, 0.05) is 22.6 Å². The molecule has 1 heterocycles. The number of aliphatic imine (C=N–C) groups is 1. The predicted molar refractivity (Wildman–Crippen MR) is 107 cm³/mol. The molecule has 0 spiro atoms. The van der Waals surface area contributed by atoms with Gasteiger partial charge in [-0.2, -0.15) is 4.99 Å². The number of carbonyl (C=O) groups excluding carboxylic acids is 1. The molecule has 0 aliphatic heterocycles. The van der Waals surface area contributed by atoms with E-state index in [1.54, 1.807) is 6.07 Å². The third kappa shape index (κ3) is 5.22. The van der Waals surface area contributed by atoms with E-state index in [4.69, 9.17) is 0 Å². The van der Waals surface area contributed by atoms with Crippen molar-refractivity contribution in [3.63, 3.8) is 0 Å². The Labute approximate surface area is 158 Å². The fourth-order valence-corrected chi connectivity index (χ4v) is 2.57. The Kier molecular flexibility index (Phi) is 5.56. The van der Waals surface area contributed by atoms with Crippen molar-refractivity contribution in [2.45, 2.75) is 20.8 Å². The second-order valence-electron chi connectivity index (χ2n) is 6.23. The van der Waals surface area contributed by atoms with Crippen molar-refractivity contribution in [2.24, 2.45) is 4.99 Å². The molecule has 2 aromatic carbocycles. The maximum Gasteiger partial charge on any atom is 0.257 e. The van der Waals surface area contributed by atoms with Gasteiger partial charge in [0.25, 0.3) is 11.9 Å². The summed E-state index contributed by atoms with van der Waals surface area (Å²) in [4.78, 5) is 25.7. The van der Waals surface area contributed by atoms with E-state index in [0.29, 0.717) is 5.56 Å². The van der Waals surface area contributed by atoms with Crippen LogP contribution in [0.3, 0.4) is 0 Å². The van der Waals surface area contributed by atoms with E-state index in [0.717, 1.165) is 22.6 Å². The lowest BCUT2D eigenvalue weighted by Crippen LogP contribution is -2.36. The van der Waals surface area contributed by atoms with Crippen molar-refractivity contribution in [3.05, 3.63) is 83.2 Å². The number of nitrogens with one attached hydrogen (secondary N) is 2. The maximum absolute atomic E-state index is 12.6. The van der Waals surface area contributed by atoms with Crippen molar-refractivity contribution < 1.29 is 4.79 Å². The van der Waals surface area contributed by atoms with Crippen LogP contribution in [-0.4, -0.2) is 21.8 Å². The second-order valence-corrected chi connectivity index (χ2v) is 6.23. The first-order valence-electron chi connectivity index (χ1n) is 8.61. The number of hydrogen-bond acceptors (Lipinski definition) is 4. The molecule has 0 atom stereocenters. The van der Waals surface area contributed by atoms with Gasteiger partial charge in [-0.1, -0.05) is 35.9 Å². The molecule has 2 N–H and O–H groups in total. The van der Waals surface area contributed by atoms with E-state index in [2.05, 4.69) is 25.6 Å². The van der Waals surface area contributed by atoms with Crippen molar-refractivity contribution in [3.8, 4) is 0 Å². The molecule has 3 rings (SSSR count). The van der Waals surface area contributed by atoms with Gasteiger partial charge in [0.2, 0.25) is 5.96 Å². The molecule has 0 aliphatic rings. The predicted octanol–water partition coefficient (Wildman–Crippen LogP) is 3.93. The highest BCUT2D eigenvalue weighted by atomic mass is 16.1. The first kappa shape index (κ1) is 18.3. The molecule has 0 saturated carbocycles. The van der Waals surface area contributed by atoms with Crippen LogP contribution in [0.2, 0.25) is 0 Å². The number of amides is 1. The van der Waals surface area contributed by atoms with E-state index in [-0.39, 0.29) is 17.8 Å². The van der Waals surface area contributed by atoms with E-state index in [1.165, 1.54) is 0 Å². The minimum atomic E-state index is -0.259. The van der Waals surface area contributed by atoms with Crippen molar-refractivity contribution in [1.29, 1.82) is 0 Å². The lowest BCUT2D eigenvalue weighted by atomic mass is 10.1. The maximum atomic E-state index is 12.6. The zero-order valence-electron chi connectivity index (χ0n) is 15.5. The Morgan fingerprint density at radius 3 is 2.26 bits per heavy atom. The summed E-state index contributed by atoms with van der Waals surface area (Å²) in [7, 11) is 0. The Morgan fingerprint density at radius 1 is 0.889 bits per heavy atom. The van der Waals surface area contributed by atoms with Crippen LogP contribution in [0.1, 0.15) is 27.3 Å². The minimum absolute atomic E-state index is 0.259. The summed E-state index contributed by atoms with van der Waals surface area (Å²) in [5.41, 5.74) is 3.98. The Bertz CT molecular complexity index is 963. The average Bonchev–Trinajstić information content (AvgIpc) is 2.61. The summed E-state index contributed by atoms with van der Waals surface area (Å²) in [6, 6.07) is 18.7. The van der Waals surface area contributed by atoms with Crippen LogP contribution in [0.4, 0.5) is 11.6 Å². The molecule has 6 nitrogen and oxygen atoms in total. The van der Waals surface area contributed by atoms with Crippen LogP contribution in [0, 0.1) is 20.8 Å². The van der Waals surface area contributed by atoms with Gasteiger partial charge in [0.05, 0.1) is 0 Å². The van der Waals surface area contributed by atoms with Gasteiger partial charge in [-0.3, -0.25) is 10.1 Å². The molecule has 0 unspecified atom stereocenters. The molecular weight excluding hydrogens is 338 g/mol. The van der Waals surface area contributed by atoms with E-state index in [9.17, 15) is 4.79 Å². The average molecular weight is 359 g/mol. The van der Waals surface area contributed by atoms with Crippen molar-refractivity contribution in [1.82, 2.24) is 15.3 Å². The van der Waals surface area contributed by atoms with Gasteiger partial charge in [-0.15, -0.1) is 0 Å². The zero-order valence-corrected chi connectivity index (χ0v) is 15.5. The lowest BCUT2D eigenvalue weighted by molar-refractivity contribution is 0.0977. The molecule has 136 valence electrons. The van der Waals surface area contributed by atoms with Gasteiger partial charge in [-0.05, 0) is 51.1 Å². The number of benzene rings is 2. The van der Waals surface area contributed by atoms with E-state index in [1.807, 2.05) is 75.4 Å². The highest BCUT2D eigenvalue weighted by Gasteiger charge is 2.11. The standard InChI is InChI=1S/C21H21N5O/c1-14-8-7-9-17(12-14)19(27)25-21(24-18-10-5-4-6-11-18)26-20-22-15(2)13-16(3)23-20/h4-13H,1-3H3,(H2,22,23,24,25,26,27). The summed E-state index contributed by atoms with van der Waals surface area (Å²) in [5.74, 6) is 0.290. The molecular formula is C21H21N5O. The third-order valence-electron chi connectivity index (χ3n) is 3.73. The number of guanidine groups is 1. The van der Waals surface area contributed by atoms with Gasteiger partial charge in [0.15, 0.2) is 0 Å². The number of aromatic nitrogens is 2. The molecule has 0 bridgehead atoms. The summed E-state index contributed by atoms with van der Waals surface area (Å²) >= 11 is 0. The molecule has 0 saturated heterocycles. The molecule has 0 aliphatic carbocycles. The Balaban J connectivity index is 1.91. The molecule has 27 heavy (non-hydrogen) atoms. The highest BCUT2D eigenvalue weighted by Crippen LogP contribution is 2.10. The normalized spacial score (nSPS) is 11.1. The van der Waals surface area contributed by atoms with E-state index >= 15 is 0 Å². The smallest absolute Gasteiger partial charge is 0.257 e. The van der Waals surface area contributed by atoms with Gasteiger partial charge in [-0.25, -0.2) is 9.97 Å². The van der Waals surface area contributed by atoms with Crippen LogP contribution in [0.5, 0.6) is 0 Å². The molecule has 1 amide bonds. The van der Waals surface area contributed by atoms with Gasteiger partial charge < -0.3 is 5.32 Å². The Hall–Kier alpha value is -3.54. The summed E-state index contributed by atoms with van der Waals surface area (Å²) in [6.07, 6.45) is 0. The van der Waals surface area contributed by atoms with E-state index < -0.39 is 0 Å². The number of nitrogens with zero attached hydrogens (tertiary/aromatic N) is 3. The molecule has 1 aromatic heterocycles. The number of para-hydroxylation sites is 1. The number of anilines is 1. The van der Waals surface area contributed by atoms with Gasteiger partial charge in [0.1, 0.15) is 0 Å². The van der Waals surface area contributed by atoms with Crippen LogP contribution in [0.25, 0.3) is 0 Å². The van der Waals surface area contributed by atoms with Gasteiger partial charge >= 0.3 is 0 Å². The van der Waals surface area contributed by atoms with Crippen LogP contribution in [-0.2, 0) is 0 Å². The Morgan fingerprint density at radius 2 is 1.59 bits per heavy atom. The summed E-state index contributed by atoms with van der Waals surface area (Å²) in [6.45, 7) is 5.70. The largest absolute Gasteiger partial charge is 0.326 e. The van der Waals surface area contributed by atoms with Crippen LogP contribution < -0.4 is 10.6 Å². The first-order valence-corrected chi connectivity index (χ1v) is 8.61. The number of hydrogen-bond donors (Lipinski definition) is 2. The lowest BCUT2D eigenvalue weighted by Gasteiger charge is -2.12. The fourth-order valence-electron chi connectivity index (χ4n) is 2.57. The number of rotatable bonds is 3. The van der Waals surface area contributed by atoms with Crippen LogP contribution in [0.15, 0.2) is 65.7 Å². The molecule has 0 radical (unpaired) electrons. The quantitative estimate of drug-likeness (QED) is 0.548. The minimum Gasteiger partial charge on any atom is -0.326 e. The monoisotopic (exact) mass is 359 g/mol. The highest BCUT2D eigenvalue weighted by molar-refractivity contribution is 6.10. The van der Waals surface area contributed by atoms with Crippen molar-refractivity contribution >= 4 is 23.5 Å². The van der Waals surface area contributed by atoms with Crippen molar-refractivity contribution in [2.75, 3.05) is 5.32 Å². The molecule has 6 heteroatoms. The summed E-state index contributed by atoms with van der Waals surface area (Å²) < 4.78 is 0.